The van der Waals surface area contributed by atoms with E-state index in [2.05, 4.69) is 25.5 Å². The van der Waals surface area contributed by atoms with E-state index >= 15 is 0 Å². The first-order chi connectivity index (χ1) is 18.9. The molecule has 3 atom stereocenters. The number of anilines is 2. The van der Waals surface area contributed by atoms with Gasteiger partial charge in [0.05, 0.1) is 24.0 Å². The average molecular weight is 532 g/mol. The number of fused-ring (bicyclic) bond motifs is 1. The molecule has 3 aromatic rings. The van der Waals surface area contributed by atoms with Gasteiger partial charge in [-0.3, -0.25) is 4.79 Å². The molecule has 5 heterocycles. The Labute approximate surface area is 226 Å². The normalized spacial score (nSPS) is 22.9. The van der Waals surface area contributed by atoms with Crippen LogP contribution in [-0.4, -0.2) is 74.3 Å². The number of piperidine rings is 1. The molecule has 3 aliphatic rings. The lowest BCUT2D eigenvalue weighted by molar-refractivity contribution is -0.115. The molecule has 11 heteroatoms. The number of hydrogen-bond acceptors (Lipinski definition) is 7. The molecule has 39 heavy (non-hydrogen) atoms. The lowest BCUT2D eigenvalue weighted by Crippen LogP contribution is -2.50. The molecular formula is C28H33N7O4. The maximum atomic E-state index is 12.5. The van der Waals surface area contributed by atoms with Gasteiger partial charge in [0.2, 0.25) is 5.91 Å². The molecule has 0 saturated carbocycles. The molecule has 0 bridgehead atoms. The number of nitrogens with one attached hydrogen (secondary N) is 1. The van der Waals surface area contributed by atoms with Crippen molar-refractivity contribution in [2.24, 2.45) is 0 Å². The van der Waals surface area contributed by atoms with Crippen LogP contribution >= 0.6 is 0 Å². The van der Waals surface area contributed by atoms with Crippen LogP contribution in [0.25, 0.3) is 22.4 Å². The van der Waals surface area contributed by atoms with E-state index in [0.29, 0.717) is 18.7 Å². The molecule has 11 nitrogen and oxygen atoms in total. The maximum absolute atomic E-state index is 12.5. The summed E-state index contributed by atoms with van der Waals surface area (Å²) in [7, 11) is 1.97. The number of nitrogens with zero attached hydrogens (tertiary/aromatic N) is 6. The summed E-state index contributed by atoms with van der Waals surface area (Å²) in [5.74, 6) is 0.683. The Hall–Kier alpha value is -3.99. The highest BCUT2D eigenvalue weighted by atomic mass is 16.5. The zero-order chi connectivity index (χ0) is 27.1. The average Bonchev–Trinajstić information content (AvgIpc) is 3.59. The van der Waals surface area contributed by atoms with E-state index in [0.717, 1.165) is 72.5 Å². The number of hydrogen-bond donors (Lipinski definition) is 2. The summed E-state index contributed by atoms with van der Waals surface area (Å²) in [4.78, 5) is 27.5. The minimum absolute atomic E-state index is 0.0422. The summed E-state index contributed by atoms with van der Waals surface area (Å²) >= 11 is 0. The van der Waals surface area contributed by atoms with E-state index in [1.807, 2.05) is 55.3 Å². The van der Waals surface area contributed by atoms with E-state index in [1.165, 1.54) is 4.90 Å². The highest BCUT2D eigenvalue weighted by Gasteiger charge is 2.31. The second kappa shape index (κ2) is 10.3. The predicted molar refractivity (Wildman–Crippen MR) is 145 cm³/mol. The van der Waals surface area contributed by atoms with Gasteiger partial charge < -0.3 is 25.0 Å². The largest absolute Gasteiger partial charge is 0.465 e. The van der Waals surface area contributed by atoms with Crippen LogP contribution in [0.15, 0.2) is 36.7 Å². The Balaban J connectivity index is 1.23. The van der Waals surface area contributed by atoms with E-state index in [1.54, 1.807) is 0 Å². The lowest BCUT2D eigenvalue weighted by Gasteiger charge is -2.40. The third-order valence-electron chi connectivity index (χ3n) is 8.21. The monoisotopic (exact) mass is 531 g/mol. The molecule has 0 spiro atoms. The number of rotatable bonds is 5. The molecule has 2 saturated heterocycles. The van der Waals surface area contributed by atoms with Crippen LogP contribution in [0.1, 0.15) is 50.8 Å². The lowest BCUT2D eigenvalue weighted by atomic mass is 9.95. The van der Waals surface area contributed by atoms with Crippen molar-refractivity contribution >= 4 is 23.5 Å². The highest BCUT2D eigenvalue weighted by molar-refractivity contribution is 6.06. The fourth-order valence-corrected chi connectivity index (χ4v) is 6.00. The topological polar surface area (TPSA) is 126 Å². The van der Waals surface area contributed by atoms with Gasteiger partial charge in [0.1, 0.15) is 6.23 Å². The number of aromatic nitrogens is 4. The third-order valence-corrected chi connectivity index (χ3v) is 8.21. The van der Waals surface area contributed by atoms with Gasteiger partial charge in [-0.05, 0) is 62.3 Å². The minimum Gasteiger partial charge on any atom is -0.465 e. The summed E-state index contributed by atoms with van der Waals surface area (Å²) in [6.07, 6.45) is 7.85. The fraction of sp³-hybridized carbons (Fsp3) is 0.464. The van der Waals surface area contributed by atoms with Crippen LogP contribution < -0.4 is 10.2 Å². The van der Waals surface area contributed by atoms with E-state index in [9.17, 15) is 14.7 Å². The molecular weight excluding hydrogens is 498 g/mol. The molecule has 2 fully saturated rings. The smallest absolute Gasteiger partial charge is 0.407 e. The molecule has 6 rings (SSSR count). The van der Waals surface area contributed by atoms with Crippen LogP contribution in [0.4, 0.5) is 16.3 Å². The number of likely N-dealkylation sites (tertiary alicyclic amines) is 1. The number of carbonyl (C=O) groups excluding carboxylic acids is 1. The van der Waals surface area contributed by atoms with E-state index in [-0.39, 0.29) is 24.2 Å². The van der Waals surface area contributed by atoms with E-state index in [4.69, 9.17) is 4.74 Å². The standard InChI is InChI=1S/C28H33N7O4/c1-17-13-19(10-11-34(17)28(37)38)33(2)24-9-8-23(31-32-24)21-7-6-20(22-14-25(36)30-27(21)22)18-15-29-35(16-18)26-5-3-4-12-39-26/h6-9,15-17,19,26H,3-5,10-14H2,1-2H3,(H,30,36)(H,37,38)/t17-,19-,26?/m1/s1. The van der Waals surface area contributed by atoms with Crippen molar-refractivity contribution in [3.63, 3.8) is 0 Å². The van der Waals surface area contributed by atoms with Crippen molar-refractivity contribution in [3.8, 4) is 22.4 Å². The van der Waals surface area contributed by atoms with Crippen LogP contribution in [0.3, 0.4) is 0 Å². The summed E-state index contributed by atoms with van der Waals surface area (Å²) < 4.78 is 7.75. The molecule has 204 valence electrons. The van der Waals surface area contributed by atoms with Gasteiger partial charge in [0.15, 0.2) is 5.82 Å². The molecule has 1 aromatic carbocycles. The zero-order valence-electron chi connectivity index (χ0n) is 22.2. The molecule has 2 aromatic heterocycles. The Bertz CT molecular complexity index is 1380. The van der Waals surface area contributed by atoms with Crippen molar-refractivity contribution < 1.29 is 19.4 Å². The SMILES string of the molecule is C[C@@H]1C[C@H](N(C)c2ccc(-c3ccc(-c4cnn(C5CCCCO5)c4)c4c3NC(=O)C4)nn2)CCN1C(=O)O. The summed E-state index contributed by atoms with van der Waals surface area (Å²) in [5, 5.41) is 26.0. The molecule has 2 N–H and O–H groups in total. The maximum Gasteiger partial charge on any atom is 0.407 e. The van der Waals surface area contributed by atoms with Crippen molar-refractivity contribution in [1.29, 1.82) is 0 Å². The Morgan fingerprint density at radius 2 is 2.00 bits per heavy atom. The minimum atomic E-state index is -0.870. The Kier molecular flexibility index (Phi) is 6.68. The van der Waals surface area contributed by atoms with Gasteiger partial charge in [-0.2, -0.15) is 5.10 Å². The predicted octanol–water partition coefficient (Wildman–Crippen LogP) is 4.17. The van der Waals surface area contributed by atoms with E-state index < -0.39 is 6.09 Å². The van der Waals surface area contributed by atoms with Crippen molar-refractivity contribution in [1.82, 2.24) is 24.9 Å². The van der Waals surface area contributed by atoms with Crippen molar-refractivity contribution in [2.45, 2.75) is 63.8 Å². The molecule has 2 amide bonds. The Morgan fingerprint density at radius 3 is 2.72 bits per heavy atom. The van der Waals surface area contributed by atoms with Gasteiger partial charge in [0, 0.05) is 49.6 Å². The summed E-state index contributed by atoms with van der Waals surface area (Å²) in [5.41, 5.74) is 5.13. The fourth-order valence-electron chi connectivity index (χ4n) is 6.00. The zero-order valence-corrected chi connectivity index (χ0v) is 22.2. The van der Waals surface area contributed by atoms with Gasteiger partial charge >= 0.3 is 6.09 Å². The van der Waals surface area contributed by atoms with Crippen LogP contribution in [0.2, 0.25) is 0 Å². The van der Waals surface area contributed by atoms with Gasteiger partial charge in [0.25, 0.3) is 0 Å². The summed E-state index contributed by atoms with van der Waals surface area (Å²) in [6, 6.07) is 7.98. The van der Waals surface area contributed by atoms with Gasteiger partial charge in [-0.1, -0.05) is 12.1 Å². The number of ether oxygens (including phenoxy) is 1. The second-order valence-electron chi connectivity index (χ2n) is 10.7. The second-order valence-corrected chi connectivity index (χ2v) is 10.7. The number of benzene rings is 1. The third kappa shape index (κ3) is 4.82. The molecule has 0 radical (unpaired) electrons. The number of amides is 2. The van der Waals surface area contributed by atoms with Crippen molar-refractivity contribution in [2.75, 3.05) is 30.4 Å². The van der Waals surface area contributed by atoms with Gasteiger partial charge in [-0.25, -0.2) is 9.48 Å². The van der Waals surface area contributed by atoms with Crippen LogP contribution in [0, 0.1) is 0 Å². The highest BCUT2D eigenvalue weighted by Crippen LogP contribution is 2.40. The first-order valence-electron chi connectivity index (χ1n) is 13.6. The number of carbonyl (C=O) groups is 2. The van der Waals surface area contributed by atoms with Crippen LogP contribution in [-0.2, 0) is 16.0 Å². The van der Waals surface area contributed by atoms with Crippen LogP contribution in [0.5, 0.6) is 0 Å². The summed E-state index contributed by atoms with van der Waals surface area (Å²) in [6.45, 7) is 3.19. The Morgan fingerprint density at radius 1 is 1.15 bits per heavy atom. The first-order valence-corrected chi connectivity index (χ1v) is 13.6. The quantitative estimate of drug-likeness (QED) is 0.503. The molecule has 0 aliphatic carbocycles. The number of carboxylic acid groups (broad SMARTS) is 1. The molecule has 1 unspecified atom stereocenters. The van der Waals surface area contributed by atoms with Gasteiger partial charge in [-0.15, -0.1) is 10.2 Å². The first kappa shape index (κ1) is 25.3. The molecule has 3 aliphatic heterocycles. The van der Waals surface area contributed by atoms with Crippen molar-refractivity contribution in [3.05, 3.63) is 42.2 Å².